The van der Waals surface area contributed by atoms with E-state index in [-0.39, 0.29) is 69.6 Å². The summed E-state index contributed by atoms with van der Waals surface area (Å²) in [5.74, 6) is -0.154. The summed E-state index contributed by atoms with van der Waals surface area (Å²) >= 11 is 0. The third kappa shape index (κ3) is 9.88. The molecule has 4 N–H and O–H groups in total. The van der Waals surface area contributed by atoms with Crippen molar-refractivity contribution in [2.75, 3.05) is 33.2 Å². The third-order valence-corrected chi connectivity index (χ3v) is 15.2. The van der Waals surface area contributed by atoms with Crippen molar-refractivity contribution >= 4 is 23.5 Å². The molecule has 10 heteroatoms. The van der Waals surface area contributed by atoms with Gasteiger partial charge in [-0.2, -0.15) is 0 Å². The summed E-state index contributed by atoms with van der Waals surface area (Å²) in [5, 5.41) is 13.2. The van der Waals surface area contributed by atoms with E-state index >= 15 is 0 Å². The molecule has 3 amide bonds. The number of rotatable bonds is 18. The minimum Gasteiger partial charge on any atom is -0.352 e. The molecule has 2 aliphatic heterocycles. The summed E-state index contributed by atoms with van der Waals surface area (Å²) in [4.78, 5) is 58.2. The van der Waals surface area contributed by atoms with E-state index in [0.29, 0.717) is 28.8 Å². The topological polar surface area (TPSA) is 123 Å². The highest BCUT2D eigenvalue weighted by Gasteiger charge is 2.54. The Bertz CT molecular complexity index is 1750. The van der Waals surface area contributed by atoms with Crippen LogP contribution >= 0.6 is 0 Å². The van der Waals surface area contributed by atoms with Crippen LogP contribution in [0.25, 0.3) is 0 Å². The molecule has 8 atom stereocenters. The molecule has 2 saturated heterocycles. The van der Waals surface area contributed by atoms with E-state index in [4.69, 9.17) is 0 Å². The summed E-state index contributed by atoms with van der Waals surface area (Å²) in [7, 11) is 2.01. The van der Waals surface area contributed by atoms with E-state index in [1.165, 1.54) is 6.92 Å². The first-order valence-corrected chi connectivity index (χ1v) is 22.2. The van der Waals surface area contributed by atoms with Crippen molar-refractivity contribution in [3.05, 3.63) is 70.8 Å². The highest BCUT2D eigenvalue weighted by atomic mass is 16.2. The summed E-state index contributed by atoms with van der Waals surface area (Å²) < 4.78 is 0. The normalized spacial score (nSPS) is 30.4. The summed E-state index contributed by atoms with van der Waals surface area (Å²) in [6.07, 6.45) is 7.31. The minimum atomic E-state index is -0.207. The van der Waals surface area contributed by atoms with Gasteiger partial charge in [0.15, 0.2) is 5.78 Å². The lowest BCUT2D eigenvalue weighted by atomic mass is 9.66. The Morgan fingerprint density at radius 1 is 0.621 bits per heavy atom. The van der Waals surface area contributed by atoms with E-state index in [9.17, 15) is 19.2 Å². The maximum atomic E-state index is 14.1. The van der Waals surface area contributed by atoms with Crippen molar-refractivity contribution in [1.29, 1.82) is 0 Å². The Kier molecular flexibility index (Phi) is 15.9. The highest BCUT2D eigenvalue weighted by Crippen LogP contribution is 2.47. The Balaban J connectivity index is 1.44. The molecular formula is C48H76N6O4. The number of nitrogens with one attached hydrogen (secondary N) is 4. The Labute approximate surface area is 350 Å². The van der Waals surface area contributed by atoms with Gasteiger partial charge in [-0.25, -0.2) is 0 Å². The third-order valence-electron chi connectivity index (χ3n) is 15.2. The largest absolute Gasteiger partial charge is 0.352 e. The number of carbonyl (C=O) groups excluding carboxylic acids is 4. The Morgan fingerprint density at radius 3 is 1.41 bits per heavy atom. The fraction of sp³-hybridized carbons (Fsp3) is 0.667. The van der Waals surface area contributed by atoms with E-state index in [1.54, 1.807) is 30.3 Å². The molecule has 2 heterocycles. The fourth-order valence-electron chi connectivity index (χ4n) is 10.4. The molecule has 2 aromatic carbocycles. The van der Waals surface area contributed by atoms with Gasteiger partial charge in [-0.1, -0.05) is 59.7 Å². The van der Waals surface area contributed by atoms with E-state index < -0.39 is 0 Å². The molecule has 0 radical (unpaired) electrons. The van der Waals surface area contributed by atoms with Crippen LogP contribution < -0.4 is 21.3 Å². The molecule has 0 aliphatic carbocycles. The molecule has 0 aromatic heterocycles. The van der Waals surface area contributed by atoms with Gasteiger partial charge >= 0.3 is 0 Å². The molecule has 10 nitrogen and oxygen atoms in total. The lowest BCUT2D eigenvalue weighted by Crippen LogP contribution is -2.70. The lowest BCUT2D eigenvalue weighted by molar-refractivity contribution is -0.0957. The van der Waals surface area contributed by atoms with Gasteiger partial charge in [0.1, 0.15) is 0 Å². The molecule has 8 unspecified atom stereocenters. The average molecular weight is 801 g/mol. The van der Waals surface area contributed by atoms with E-state index in [2.05, 4.69) is 100 Å². The molecule has 2 aromatic rings. The maximum Gasteiger partial charge on any atom is 0.251 e. The molecule has 0 spiro atoms. The zero-order chi connectivity index (χ0) is 43.1. The van der Waals surface area contributed by atoms with Crippen LogP contribution in [0.3, 0.4) is 0 Å². The van der Waals surface area contributed by atoms with Crippen LogP contribution in [0.4, 0.5) is 0 Å². The number of piperidine rings is 2. The van der Waals surface area contributed by atoms with Crippen LogP contribution in [0, 0.1) is 11.8 Å². The van der Waals surface area contributed by atoms with Crippen molar-refractivity contribution in [1.82, 2.24) is 31.1 Å². The quantitative estimate of drug-likeness (QED) is 0.0895. The van der Waals surface area contributed by atoms with Crippen molar-refractivity contribution in [3.63, 3.8) is 0 Å². The van der Waals surface area contributed by atoms with Crippen molar-refractivity contribution in [3.8, 4) is 0 Å². The van der Waals surface area contributed by atoms with Gasteiger partial charge in [0, 0.05) is 76.1 Å². The molecule has 0 saturated carbocycles. The standard InChI is InChI=1S/C48H76N6O4/c1-13-45(8)31-40(33(5)47(10,15-3)53(45)27-19-25-49-12)51-43(57)38-23-18-24-39(30-38)44(58)52-41-32-46(9,14-2)54(48(11,16-4)34(41)6)28-20-26-50-42(56)37-22-17-21-36(29-37)35(7)55/h17-18,21-24,29-30,33-34,40-41,49H,13-16,19-20,25-28,31-32H2,1-12H3,(H,50,56)(H,51,57)(H,52,58). The van der Waals surface area contributed by atoms with Gasteiger partial charge in [0.2, 0.25) is 0 Å². The SMILES string of the molecule is CCC1(C)CC(NC(=O)c2cccc(C(=O)NC3CC(C)(CC)N(CCCNC(=O)c4cccc(C(C)=O)c4)C(C)(CC)C3C)c2)C(C)C(C)(CC)N1CCCNC. The van der Waals surface area contributed by atoms with Gasteiger partial charge < -0.3 is 21.3 Å². The van der Waals surface area contributed by atoms with Crippen molar-refractivity contribution < 1.29 is 19.2 Å². The maximum absolute atomic E-state index is 14.1. The minimum absolute atomic E-state index is 0.00555. The van der Waals surface area contributed by atoms with Gasteiger partial charge in [-0.15, -0.1) is 0 Å². The van der Waals surface area contributed by atoms with E-state index in [1.807, 2.05) is 25.2 Å². The van der Waals surface area contributed by atoms with Gasteiger partial charge in [0.05, 0.1) is 0 Å². The Hall–Kier alpha value is -3.60. The van der Waals surface area contributed by atoms with Crippen molar-refractivity contribution in [2.24, 2.45) is 11.8 Å². The number of benzene rings is 2. The van der Waals surface area contributed by atoms with Gasteiger partial charge in [0.25, 0.3) is 17.7 Å². The van der Waals surface area contributed by atoms with Gasteiger partial charge in [-0.3, -0.25) is 29.0 Å². The number of hydrogen-bond donors (Lipinski definition) is 4. The monoisotopic (exact) mass is 801 g/mol. The smallest absolute Gasteiger partial charge is 0.251 e. The summed E-state index contributed by atoms with van der Waals surface area (Å²) in [5.41, 5.74) is 1.51. The molecule has 322 valence electrons. The summed E-state index contributed by atoms with van der Waals surface area (Å²) in [6.45, 7) is 27.6. The average Bonchev–Trinajstić information content (AvgIpc) is 3.22. The molecular weight excluding hydrogens is 725 g/mol. The summed E-state index contributed by atoms with van der Waals surface area (Å²) in [6, 6.07) is 14.0. The van der Waals surface area contributed by atoms with Crippen LogP contribution in [0.2, 0.25) is 0 Å². The molecule has 0 bridgehead atoms. The van der Waals surface area contributed by atoms with Crippen LogP contribution in [-0.2, 0) is 0 Å². The van der Waals surface area contributed by atoms with Gasteiger partial charge in [-0.05, 0) is 142 Å². The number of amides is 3. The zero-order valence-electron chi connectivity index (χ0n) is 37.9. The molecule has 2 aliphatic rings. The number of carbonyl (C=O) groups is 4. The van der Waals surface area contributed by atoms with Crippen molar-refractivity contribution in [2.45, 2.75) is 162 Å². The number of ketones is 1. The van der Waals surface area contributed by atoms with Crippen LogP contribution in [0.5, 0.6) is 0 Å². The fourth-order valence-corrected chi connectivity index (χ4v) is 10.4. The predicted molar refractivity (Wildman–Crippen MR) is 237 cm³/mol. The first-order valence-electron chi connectivity index (χ1n) is 22.2. The Morgan fingerprint density at radius 2 is 1.02 bits per heavy atom. The second-order valence-electron chi connectivity index (χ2n) is 18.4. The first kappa shape index (κ1) is 47.1. The second-order valence-corrected chi connectivity index (χ2v) is 18.4. The predicted octanol–water partition coefficient (Wildman–Crippen LogP) is 7.87. The number of Topliss-reactive ketones (excluding diaryl/α,β-unsaturated/α-hetero) is 1. The molecule has 58 heavy (non-hydrogen) atoms. The highest BCUT2D eigenvalue weighted by molar-refractivity contribution is 6.00. The number of nitrogens with zero attached hydrogens (tertiary/aromatic N) is 2. The second kappa shape index (κ2) is 19.6. The van der Waals surface area contributed by atoms with Crippen LogP contribution in [-0.4, -0.2) is 101 Å². The lowest BCUT2D eigenvalue weighted by Gasteiger charge is -2.61. The van der Waals surface area contributed by atoms with Crippen LogP contribution in [0.15, 0.2) is 48.5 Å². The number of hydrogen-bond acceptors (Lipinski definition) is 7. The number of likely N-dealkylation sites (tertiary alicyclic amines) is 2. The zero-order valence-corrected chi connectivity index (χ0v) is 37.9. The molecule has 4 rings (SSSR count). The first-order chi connectivity index (χ1) is 27.4. The van der Waals surface area contributed by atoms with E-state index in [0.717, 1.165) is 71.0 Å². The molecule has 2 fully saturated rings. The van der Waals surface area contributed by atoms with Crippen LogP contribution in [0.1, 0.15) is 169 Å².